The van der Waals surface area contributed by atoms with Gasteiger partial charge in [-0.3, -0.25) is 10.1 Å². The Labute approximate surface area is 106 Å². The number of nitrogens with one attached hydrogen (secondary N) is 1. The minimum atomic E-state index is -0.438. The average Bonchev–Trinajstić information content (AvgIpc) is 2.37. The van der Waals surface area contributed by atoms with Crippen LogP contribution in [0.2, 0.25) is 0 Å². The van der Waals surface area contributed by atoms with Gasteiger partial charge in [-0.25, -0.2) is 4.98 Å². The van der Waals surface area contributed by atoms with Crippen molar-refractivity contribution in [3.63, 3.8) is 0 Å². The van der Waals surface area contributed by atoms with Crippen LogP contribution in [0.4, 0.5) is 11.5 Å². The molecular weight excluding hydrogens is 232 g/mol. The number of hydrogen-bond donors (Lipinski definition) is 1. The van der Waals surface area contributed by atoms with Crippen molar-refractivity contribution in [3.05, 3.63) is 28.4 Å². The van der Waals surface area contributed by atoms with Gasteiger partial charge < -0.3 is 10.2 Å². The highest BCUT2D eigenvalue weighted by atomic mass is 16.6. The maximum absolute atomic E-state index is 10.5. The van der Waals surface area contributed by atoms with Crippen LogP contribution in [0.25, 0.3) is 0 Å². The fourth-order valence-electron chi connectivity index (χ4n) is 2.29. The zero-order valence-corrected chi connectivity index (χ0v) is 10.5. The van der Waals surface area contributed by atoms with Gasteiger partial charge in [0.1, 0.15) is 12.0 Å². The molecular formula is C12H18N4O2. The summed E-state index contributed by atoms with van der Waals surface area (Å²) in [5.74, 6) is 1.33. The number of hydrogen-bond acceptors (Lipinski definition) is 5. The predicted octanol–water partition coefficient (Wildman–Crippen LogP) is 1.74. The highest BCUT2D eigenvalue weighted by Gasteiger charge is 2.16. The van der Waals surface area contributed by atoms with Gasteiger partial charge in [-0.05, 0) is 38.4 Å². The lowest BCUT2D eigenvalue weighted by Gasteiger charge is -2.29. The van der Waals surface area contributed by atoms with Gasteiger partial charge in [-0.15, -0.1) is 0 Å². The van der Waals surface area contributed by atoms with Crippen molar-refractivity contribution in [2.45, 2.75) is 12.8 Å². The van der Waals surface area contributed by atoms with Crippen LogP contribution in [0, 0.1) is 16.0 Å². The highest BCUT2D eigenvalue weighted by Crippen LogP contribution is 2.16. The Morgan fingerprint density at radius 1 is 1.61 bits per heavy atom. The molecule has 98 valence electrons. The molecule has 2 heterocycles. The van der Waals surface area contributed by atoms with Gasteiger partial charge >= 0.3 is 0 Å². The first kappa shape index (κ1) is 12.8. The monoisotopic (exact) mass is 250 g/mol. The molecule has 0 saturated carbocycles. The highest BCUT2D eigenvalue weighted by molar-refractivity contribution is 5.40. The van der Waals surface area contributed by atoms with Gasteiger partial charge in [0, 0.05) is 19.2 Å². The summed E-state index contributed by atoms with van der Waals surface area (Å²) >= 11 is 0. The third-order valence-electron chi connectivity index (χ3n) is 3.25. The molecule has 0 radical (unpaired) electrons. The molecule has 1 fully saturated rings. The van der Waals surface area contributed by atoms with E-state index in [1.54, 1.807) is 6.07 Å². The maximum atomic E-state index is 10.5. The second kappa shape index (κ2) is 5.77. The zero-order valence-electron chi connectivity index (χ0n) is 10.5. The summed E-state index contributed by atoms with van der Waals surface area (Å²) in [6.07, 6.45) is 3.75. The van der Waals surface area contributed by atoms with Gasteiger partial charge in [-0.2, -0.15) is 0 Å². The van der Waals surface area contributed by atoms with E-state index in [0.717, 1.165) is 13.1 Å². The third-order valence-corrected chi connectivity index (χ3v) is 3.25. The topological polar surface area (TPSA) is 71.3 Å². The Morgan fingerprint density at radius 3 is 3.06 bits per heavy atom. The molecule has 1 unspecified atom stereocenters. The molecule has 2 rings (SSSR count). The second-order valence-corrected chi connectivity index (χ2v) is 4.81. The summed E-state index contributed by atoms with van der Waals surface area (Å²) in [7, 11) is 2.14. The predicted molar refractivity (Wildman–Crippen MR) is 69.6 cm³/mol. The van der Waals surface area contributed by atoms with Crippen molar-refractivity contribution in [3.8, 4) is 0 Å². The zero-order chi connectivity index (χ0) is 13.0. The molecule has 0 spiro atoms. The summed E-state index contributed by atoms with van der Waals surface area (Å²) in [5, 5.41) is 13.7. The maximum Gasteiger partial charge on any atom is 0.287 e. The number of nitro groups is 1. The van der Waals surface area contributed by atoms with Crippen LogP contribution in [0.5, 0.6) is 0 Å². The van der Waals surface area contributed by atoms with Gasteiger partial charge in [0.2, 0.25) is 0 Å². The molecule has 1 atom stereocenters. The molecule has 1 aliphatic rings. The minimum Gasteiger partial charge on any atom is -0.370 e. The van der Waals surface area contributed by atoms with Crippen molar-refractivity contribution in [1.82, 2.24) is 9.88 Å². The van der Waals surface area contributed by atoms with E-state index < -0.39 is 4.92 Å². The average molecular weight is 250 g/mol. The summed E-state index contributed by atoms with van der Waals surface area (Å²) in [5.41, 5.74) is 0.0259. The van der Waals surface area contributed by atoms with Crippen molar-refractivity contribution in [2.75, 3.05) is 32.0 Å². The van der Waals surface area contributed by atoms with E-state index in [0.29, 0.717) is 11.7 Å². The first-order valence-electron chi connectivity index (χ1n) is 6.18. The largest absolute Gasteiger partial charge is 0.370 e. The van der Waals surface area contributed by atoms with Gasteiger partial charge in [0.25, 0.3) is 5.69 Å². The van der Waals surface area contributed by atoms with Crippen LogP contribution < -0.4 is 5.32 Å². The molecule has 6 nitrogen and oxygen atoms in total. The van der Waals surface area contributed by atoms with E-state index in [1.807, 2.05) is 0 Å². The molecule has 6 heteroatoms. The summed E-state index contributed by atoms with van der Waals surface area (Å²) in [6, 6.07) is 3.13. The van der Waals surface area contributed by atoms with E-state index in [2.05, 4.69) is 22.2 Å². The number of rotatable bonds is 4. The van der Waals surface area contributed by atoms with Crippen LogP contribution >= 0.6 is 0 Å². The second-order valence-electron chi connectivity index (χ2n) is 4.81. The molecule has 1 N–H and O–H groups in total. The minimum absolute atomic E-state index is 0.0259. The quantitative estimate of drug-likeness (QED) is 0.651. The molecule has 0 aromatic carbocycles. The Bertz CT molecular complexity index is 407. The fraction of sp³-hybridized carbons (Fsp3) is 0.583. The molecule has 1 aromatic heterocycles. The van der Waals surface area contributed by atoms with E-state index in [1.165, 1.54) is 31.6 Å². The summed E-state index contributed by atoms with van der Waals surface area (Å²) in [4.78, 5) is 16.4. The Hall–Kier alpha value is -1.69. The number of likely N-dealkylation sites (tertiary alicyclic amines) is 1. The van der Waals surface area contributed by atoms with Crippen molar-refractivity contribution in [2.24, 2.45) is 5.92 Å². The molecule has 18 heavy (non-hydrogen) atoms. The van der Waals surface area contributed by atoms with Crippen molar-refractivity contribution < 1.29 is 4.92 Å². The van der Waals surface area contributed by atoms with Crippen LogP contribution in [-0.4, -0.2) is 41.5 Å². The molecule has 0 aliphatic carbocycles. The molecule has 1 aliphatic heterocycles. The normalized spacial score (nSPS) is 20.6. The SMILES string of the molecule is CN1CCCC(CNc2ccc([N+](=O)[O-])cn2)C1. The molecule has 0 bridgehead atoms. The number of piperidine rings is 1. The molecule has 1 aromatic rings. The van der Waals surface area contributed by atoms with E-state index in [4.69, 9.17) is 0 Å². The lowest BCUT2D eigenvalue weighted by molar-refractivity contribution is -0.385. The first-order chi connectivity index (χ1) is 8.65. The van der Waals surface area contributed by atoms with Crippen molar-refractivity contribution in [1.29, 1.82) is 0 Å². The van der Waals surface area contributed by atoms with Crippen molar-refractivity contribution >= 4 is 11.5 Å². The van der Waals surface area contributed by atoms with Crippen LogP contribution in [0.1, 0.15) is 12.8 Å². The van der Waals surface area contributed by atoms with Crippen LogP contribution in [0.15, 0.2) is 18.3 Å². The smallest absolute Gasteiger partial charge is 0.287 e. The standard InChI is InChI=1S/C12H18N4O2/c1-15-6-2-3-10(9-15)7-13-12-5-4-11(8-14-12)16(17)18/h4-5,8,10H,2-3,6-7,9H2,1H3,(H,13,14). The Morgan fingerprint density at radius 2 is 2.44 bits per heavy atom. The lowest BCUT2D eigenvalue weighted by atomic mass is 9.98. The lowest BCUT2D eigenvalue weighted by Crippen LogP contribution is -2.35. The molecule has 0 amide bonds. The summed E-state index contributed by atoms with van der Waals surface area (Å²) < 4.78 is 0. The van der Waals surface area contributed by atoms with E-state index >= 15 is 0 Å². The molecule has 1 saturated heterocycles. The number of pyridine rings is 1. The Balaban J connectivity index is 1.84. The third kappa shape index (κ3) is 3.40. The number of nitrogens with zero attached hydrogens (tertiary/aromatic N) is 3. The van der Waals surface area contributed by atoms with Gasteiger partial charge in [0.05, 0.1) is 4.92 Å². The van der Waals surface area contributed by atoms with E-state index in [9.17, 15) is 10.1 Å². The number of aromatic nitrogens is 1. The Kier molecular flexibility index (Phi) is 4.09. The first-order valence-corrected chi connectivity index (χ1v) is 6.18. The number of anilines is 1. The summed E-state index contributed by atoms with van der Waals surface area (Å²) in [6.45, 7) is 3.14. The van der Waals surface area contributed by atoms with Crippen LogP contribution in [0.3, 0.4) is 0 Å². The fourth-order valence-corrected chi connectivity index (χ4v) is 2.29. The van der Waals surface area contributed by atoms with Crippen LogP contribution in [-0.2, 0) is 0 Å². The van der Waals surface area contributed by atoms with Gasteiger partial charge in [-0.1, -0.05) is 0 Å². The van der Waals surface area contributed by atoms with E-state index in [-0.39, 0.29) is 5.69 Å². The van der Waals surface area contributed by atoms with Gasteiger partial charge in [0.15, 0.2) is 0 Å².